The van der Waals surface area contributed by atoms with Crippen molar-refractivity contribution >= 4 is 5.69 Å². The molecule has 0 amide bonds. The van der Waals surface area contributed by atoms with Crippen molar-refractivity contribution in [2.45, 2.75) is 45.4 Å². The van der Waals surface area contributed by atoms with Crippen LogP contribution in [-0.2, 0) is 7.05 Å². The third-order valence-corrected chi connectivity index (χ3v) is 3.61. The molecule has 1 aliphatic carbocycles. The molecule has 1 atom stereocenters. The van der Waals surface area contributed by atoms with Gasteiger partial charge in [0.25, 0.3) is 0 Å². The number of nitrogens with zero attached hydrogens (tertiary/aromatic N) is 2. The van der Waals surface area contributed by atoms with Crippen LogP contribution < -0.4 is 5.73 Å². The zero-order valence-electron chi connectivity index (χ0n) is 9.95. The van der Waals surface area contributed by atoms with Gasteiger partial charge in [0.2, 0.25) is 0 Å². The summed E-state index contributed by atoms with van der Waals surface area (Å²) in [7, 11) is 1.99. The standard InChI is InChI=1S/C12H21N3/c1-12(2)6-4-5-9(7-12)11-10(13)8-14-15(11)3/h8-9H,4-7,13H2,1-3H3. The minimum absolute atomic E-state index is 0.458. The summed E-state index contributed by atoms with van der Waals surface area (Å²) in [6.07, 6.45) is 6.91. The first-order valence-corrected chi connectivity index (χ1v) is 5.77. The van der Waals surface area contributed by atoms with E-state index in [2.05, 4.69) is 18.9 Å². The van der Waals surface area contributed by atoms with E-state index in [0.717, 1.165) is 5.69 Å². The van der Waals surface area contributed by atoms with Crippen LogP contribution >= 0.6 is 0 Å². The van der Waals surface area contributed by atoms with Crippen LogP contribution in [0.5, 0.6) is 0 Å². The fourth-order valence-corrected chi connectivity index (χ4v) is 2.90. The molecule has 1 heterocycles. The fraction of sp³-hybridized carbons (Fsp3) is 0.750. The van der Waals surface area contributed by atoms with E-state index in [1.807, 2.05) is 11.7 Å². The van der Waals surface area contributed by atoms with Gasteiger partial charge in [-0.1, -0.05) is 20.3 Å². The van der Waals surface area contributed by atoms with Crippen molar-refractivity contribution in [3.05, 3.63) is 11.9 Å². The number of anilines is 1. The Labute approximate surface area is 91.7 Å². The van der Waals surface area contributed by atoms with Crippen molar-refractivity contribution in [1.29, 1.82) is 0 Å². The van der Waals surface area contributed by atoms with Crippen molar-refractivity contribution in [1.82, 2.24) is 9.78 Å². The maximum Gasteiger partial charge on any atom is 0.0735 e. The predicted molar refractivity (Wildman–Crippen MR) is 62.6 cm³/mol. The van der Waals surface area contributed by atoms with E-state index < -0.39 is 0 Å². The highest BCUT2D eigenvalue weighted by Crippen LogP contribution is 2.44. The molecule has 0 aromatic carbocycles. The van der Waals surface area contributed by atoms with Gasteiger partial charge in [-0.05, 0) is 24.7 Å². The lowest BCUT2D eigenvalue weighted by atomic mass is 9.71. The summed E-state index contributed by atoms with van der Waals surface area (Å²) in [6.45, 7) is 4.71. The third-order valence-electron chi connectivity index (χ3n) is 3.61. The van der Waals surface area contributed by atoms with Crippen LogP contribution in [0.2, 0.25) is 0 Å². The Morgan fingerprint density at radius 2 is 2.27 bits per heavy atom. The molecule has 1 aliphatic rings. The smallest absolute Gasteiger partial charge is 0.0735 e. The van der Waals surface area contributed by atoms with Crippen LogP contribution in [0.4, 0.5) is 5.69 Å². The van der Waals surface area contributed by atoms with Crippen LogP contribution in [-0.4, -0.2) is 9.78 Å². The van der Waals surface area contributed by atoms with Gasteiger partial charge in [-0.2, -0.15) is 5.10 Å². The van der Waals surface area contributed by atoms with Gasteiger partial charge in [-0.3, -0.25) is 4.68 Å². The molecule has 0 spiro atoms. The molecule has 0 saturated heterocycles. The molecule has 1 fully saturated rings. The van der Waals surface area contributed by atoms with Gasteiger partial charge < -0.3 is 5.73 Å². The monoisotopic (exact) mass is 207 g/mol. The van der Waals surface area contributed by atoms with E-state index >= 15 is 0 Å². The molecule has 2 N–H and O–H groups in total. The molecule has 1 aromatic heterocycles. The fourth-order valence-electron chi connectivity index (χ4n) is 2.90. The second-order valence-corrected chi connectivity index (χ2v) is 5.57. The van der Waals surface area contributed by atoms with Crippen LogP contribution in [0.15, 0.2) is 6.20 Å². The number of hydrogen-bond acceptors (Lipinski definition) is 2. The van der Waals surface area contributed by atoms with Gasteiger partial charge in [-0.25, -0.2) is 0 Å². The topological polar surface area (TPSA) is 43.8 Å². The zero-order chi connectivity index (χ0) is 11.1. The Morgan fingerprint density at radius 1 is 1.53 bits per heavy atom. The Balaban J connectivity index is 2.24. The van der Waals surface area contributed by atoms with E-state index in [9.17, 15) is 0 Å². The van der Waals surface area contributed by atoms with Crippen LogP contribution in [0, 0.1) is 5.41 Å². The van der Waals surface area contributed by atoms with Crippen LogP contribution in [0.1, 0.15) is 51.1 Å². The Morgan fingerprint density at radius 3 is 2.80 bits per heavy atom. The molecule has 0 bridgehead atoms. The molecular weight excluding hydrogens is 186 g/mol. The maximum atomic E-state index is 5.98. The minimum atomic E-state index is 0.458. The van der Waals surface area contributed by atoms with E-state index in [4.69, 9.17) is 5.73 Å². The molecular formula is C12H21N3. The lowest BCUT2D eigenvalue weighted by Crippen LogP contribution is -2.23. The Bertz CT molecular complexity index is 332. The number of aryl methyl sites for hydroxylation is 1. The third kappa shape index (κ3) is 2.01. The lowest BCUT2D eigenvalue weighted by molar-refractivity contribution is 0.215. The van der Waals surface area contributed by atoms with Gasteiger partial charge in [0, 0.05) is 13.0 Å². The largest absolute Gasteiger partial charge is 0.396 e. The van der Waals surface area contributed by atoms with E-state index in [-0.39, 0.29) is 0 Å². The summed E-state index contributed by atoms with van der Waals surface area (Å²) >= 11 is 0. The molecule has 84 valence electrons. The SMILES string of the molecule is Cn1ncc(N)c1C1CCCC(C)(C)C1. The molecule has 1 unspecified atom stereocenters. The number of hydrogen-bond donors (Lipinski definition) is 1. The first-order chi connectivity index (χ1) is 6.99. The molecule has 3 nitrogen and oxygen atoms in total. The first-order valence-electron chi connectivity index (χ1n) is 5.77. The van der Waals surface area contributed by atoms with E-state index in [0.29, 0.717) is 11.3 Å². The molecule has 15 heavy (non-hydrogen) atoms. The van der Waals surface area contributed by atoms with Gasteiger partial charge in [0.05, 0.1) is 17.6 Å². The van der Waals surface area contributed by atoms with E-state index in [1.54, 1.807) is 6.20 Å². The molecule has 0 aliphatic heterocycles. The highest BCUT2D eigenvalue weighted by Gasteiger charge is 2.31. The number of aromatic nitrogens is 2. The van der Waals surface area contributed by atoms with Crippen molar-refractivity contribution < 1.29 is 0 Å². The summed E-state index contributed by atoms with van der Waals surface area (Å²) < 4.78 is 1.95. The van der Waals surface area contributed by atoms with Crippen molar-refractivity contribution in [2.24, 2.45) is 12.5 Å². The minimum Gasteiger partial charge on any atom is -0.396 e. The number of nitrogens with two attached hydrogens (primary N) is 1. The van der Waals surface area contributed by atoms with Crippen LogP contribution in [0.25, 0.3) is 0 Å². The predicted octanol–water partition coefficient (Wildman–Crippen LogP) is 2.69. The summed E-state index contributed by atoms with van der Waals surface area (Å²) in [5.41, 5.74) is 8.54. The second kappa shape index (κ2) is 3.54. The molecule has 3 heteroatoms. The zero-order valence-corrected chi connectivity index (χ0v) is 9.95. The van der Waals surface area contributed by atoms with Crippen LogP contribution in [0.3, 0.4) is 0 Å². The lowest BCUT2D eigenvalue weighted by Gasteiger charge is -2.35. The van der Waals surface area contributed by atoms with Gasteiger partial charge in [-0.15, -0.1) is 0 Å². The van der Waals surface area contributed by atoms with E-state index in [1.165, 1.54) is 31.4 Å². The number of nitrogen functional groups attached to an aromatic ring is 1. The summed E-state index contributed by atoms with van der Waals surface area (Å²) in [5.74, 6) is 0.598. The quantitative estimate of drug-likeness (QED) is 0.769. The first kappa shape index (κ1) is 10.5. The summed E-state index contributed by atoms with van der Waals surface area (Å²) in [5, 5.41) is 4.23. The highest BCUT2D eigenvalue weighted by molar-refractivity contribution is 5.43. The highest BCUT2D eigenvalue weighted by atomic mass is 15.3. The summed E-state index contributed by atoms with van der Waals surface area (Å²) in [6, 6.07) is 0. The van der Waals surface area contributed by atoms with Gasteiger partial charge in [0.1, 0.15) is 0 Å². The average molecular weight is 207 g/mol. The Hall–Kier alpha value is -0.990. The van der Waals surface area contributed by atoms with Gasteiger partial charge >= 0.3 is 0 Å². The van der Waals surface area contributed by atoms with Crippen molar-refractivity contribution in [3.8, 4) is 0 Å². The number of rotatable bonds is 1. The van der Waals surface area contributed by atoms with Gasteiger partial charge in [0.15, 0.2) is 0 Å². The molecule has 0 radical (unpaired) electrons. The maximum absolute atomic E-state index is 5.98. The molecule has 2 rings (SSSR count). The Kier molecular flexibility index (Phi) is 2.49. The average Bonchev–Trinajstić information content (AvgIpc) is 2.44. The summed E-state index contributed by atoms with van der Waals surface area (Å²) in [4.78, 5) is 0. The van der Waals surface area contributed by atoms with Crippen molar-refractivity contribution in [2.75, 3.05) is 5.73 Å². The second-order valence-electron chi connectivity index (χ2n) is 5.57. The normalized spacial score (nSPS) is 25.4. The molecule has 1 aromatic rings. The molecule has 1 saturated carbocycles. The van der Waals surface area contributed by atoms with Crippen molar-refractivity contribution in [3.63, 3.8) is 0 Å².